The van der Waals surface area contributed by atoms with E-state index in [-0.39, 0.29) is 11.5 Å². The van der Waals surface area contributed by atoms with E-state index in [1.807, 2.05) is 32.0 Å². The fraction of sp³-hybridized carbons (Fsp3) is 0.111. The molecule has 4 nitrogen and oxygen atoms in total. The molecule has 0 saturated heterocycles. The van der Waals surface area contributed by atoms with Crippen LogP contribution in [0.15, 0.2) is 48.5 Å². The van der Waals surface area contributed by atoms with Gasteiger partial charge in [0.25, 0.3) is 0 Å². The van der Waals surface area contributed by atoms with Crippen LogP contribution in [0.1, 0.15) is 21.6 Å². The predicted octanol–water partition coefficient (Wildman–Crippen LogP) is 3.99. The van der Waals surface area contributed by atoms with Crippen LogP contribution in [0.4, 0.5) is 4.39 Å². The van der Waals surface area contributed by atoms with Gasteiger partial charge in [-0.05, 0) is 55.8 Å². The summed E-state index contributed by atoms with van der Waals surface area (Å²) in [5.41, 5.74) is 4.19. The van der Waals surface area contributed by atoms with Gasteiger partial charge in [-0.3, -0.25) is 0 Å². The van der Waals surface area contributed by atoms with Gasteiger partial charge < -0.3 is 5.11 Å². The monoisotopic (exact) mass is 310 g/mol. The Kier molecular flexibility index (Phi) is 3.70. The zero-order chi connectivity index (χ0) is 16.6. The van der Waals surface area contributed by atoms with Gasteiger partial charge in [0.1, 0.15) is 5.82 Å². The lowest BCUT2D eigenvalue weighted by Gasteiger charge is -2.10. The van der Waals surface area contributed by atoms with E-state index in [4.69, 9.17) is 0 Å². The second kappa shape index (κ2) is 5.68. The smallest absolute Gasteiger partial charge is 0.356 e. The normalized spacial score (nSPS) is 10.7. The fourth-order valence-electron chi connectivity index (χ4n) is 2.47. The van der Waals surface area contributed by atoms with Gasteiger partial charge in [0.2, 0.25) is 0 Å². The lowest BCUT2D eigenvalue weighted by Crippen LogP contribution is -2.02. The van der Waals surface area contributed by atoms with Gasteiger partial charge >= 0.3 is 5.97 Å². The summed E-state index contributed by atoms with van der Waals surface area (Å²) < 4.78 is 14.7. The number of carbonyl (C=O) groups is 1. The first kappa shape index (κ1) is 15.0. The number of hydrogen-bond acceptors (Lipinski definition) is 2. The number of halogens is 1. The summed E-state index contributed by atoms with van der Waals surface area (Å²) in [6.45, 7) is 3.93. The Morgan fingerprint density at radius 1 is 1.09 bits per heavy atom. The van der Waals surface area contributed by atoms with E-state index in [0.29, 0.717) is 11.4 Å². The summed E-state index contributed by atoms with van der Waals surface area (Å²) in [5.74, 6) is -1.45. The van der Waals surface area contributed by atoms with Crippen molar-refractivity contribution >= 4 is 5.97 Å². The molecule has 0 amide bonds. The highest BCUT2D eigenvalue weighted by atomic mass is 19.1. The summed E-state index contributed by atoms with van der Waals surface area (Å²) in [6, 6.07) is 13.3. The first-order chi connectivity index (χ1) is 11.0. The van der Waals surface area contributed by atoms with Crippen LogP contribution in [-0.4, -0.2) is 20.9 Å². The van der Waals surface area contributed by atoms with Crippen LogP contribution in [0.2, 0.25) is 0 Å². The number of carboxylic acids is 1. The van der Waals surface area contributed by atoms with Crippen molar-refractivity contribution in [3.05, 3.63) is 71.2 Å². The number of benzene rings is 2. The molecule has 0 bridgehead atoms. The van der Waals surface area contributed by atoms with Gasteiger partial charge in [-0.2, -0.15) is 5.10 Å². The summed E-state index contributed by atoms with van der Waals surface area (Å²) in [5, 5.41) is 13.4. The molecule has 0 aliphatic heterocycles. The molecule has 2 aromatic carbocycles. The first-order valence-corrected chi connectivity index (χ1v) is 7.12. The van der Waals surface area contributed by atoms with Crippen LogP contribution in [-0.2, 0) is 0 Å². The van der Waals surface area contributed by atoms with Crippen molar-refractivity contribution in [1.29, 1.82) is 0 Å². The number of aromatic nitrogens is 2. The maximum atomic E-state index is 13.2. The van der Waals surface area contributed by atoms with Crippen LogP contribution in [0.25, 0.3) is 16.9 Å². The Labute approximate surface area is 132 Å². The molecular weight excluding hydrogens is 295 g/mol. The van der Waals surface area contributed by atoms with E-state index in [1.54, 1.807) is 12.1 Å². The molecule has 3 rings (SSSR count). The van der Waals surface area contributed by atoms with Gasteiger partial charge in [0, 0.05) is 5.56 Å². The number of carboxylic acid groups (broad SMARTS) is 1. The van der Waals surface area contributed by atoms with Gasteiger partial charge in [0.15, 0.2) is 5.69 Å². The van der Waals surface area contributed by atoms with E-state index in [2.05, 4.69) is 5.10 Å². The van der Waals surface area contributed by atoms with E-state index < -0.39 is 5.97 Å². The van der Waals surface area contributed by atoms with Gasteiger partial charge in [-0.15, -0.1) is 0 Å². The molecule has 0 radical (unpaired) electrons. The molecular formula is C18H15FN2O2. The molecule has 0 atom stereocenters. The van der Waals surface area contributed by atoms with E-state index in [1.165, 1.54) is 22.9 Å². The number of hydrogen-bond donors (Lipinski definition) is 1. The molecule has 0 aliphatic rings. The summed E-state index contributed by atoms with van der Waals surface area (Å²) >= 11 is 0. The van der Waals surface area contributed by atoms with Crippen LogP contribution in [0.5, 0.6) is 0 Å². The van der Waals surface area contributed by atoms with Crippen molar-refractivity contribution in [1.82, 2.24) is 9.78 Å². The standard InChI is InChI=1S/C18H15FN2O2/c1-11-3-4-12(2)15(9-11)17-10-16(18(22)23)20-21(17)14-7-5-13(19)6-8-14/h3-10H,1-2H3,(H,22,23). The molecule has 1 aromatic heterocycles. The number of nitrogens with zero attached hydrogens (tertiary/aromatic N) is 2. The highest BCUT2D eigenvalue weighted by molar-refractivity contribution is 5.87. The van der Waals surface area contributed by atoms with E-state index in [0.717, 1.165) is 16.7 Å². The van der Waals surface area contributed by atoms with Crippen molar-refractivity contribution in [2.45, 2.75) is 13.8 Å². The highest BCUT2D eigenvalue weighted by Gasteiger charge is 2.17. The molecule has 5 heteroatoms. The molecule has 0 spiro atoms. The van der Waals surface area contributed by atoms with Crippen molar-refractivity contribution in [2.75, 3.05) is 0 Å². The third kappa shape index (κ3) is 2.85. The maximum Gasteiger partial charge on any atom is 0.356 e. The maximum absolute atomic E-state index is 13.2. The Balaban J connectivity index is 2.25. The minimum atomic E-state index is -1.10. The minimum Gasteiger partial charge on any atom is -0.476 e. The molecule has 0 unspecified atom stereocenters. The van der Waals surface area contributed by atoms with Crippen molar-refractivity contribution < 1.29 is 14.3 Å². The lowest BCUT2D eigenvalue weighted by atomic mass is 10.0. The third-order valence-corrected chi connectivity index (χ3v) is 3.67. The molecule has 0 saturated carbocycles. The first-order valence-electron chi connectivity index (χ1n) is 7.12. The zero-order valence-electron chi connectivity index (χ0n) is 12.7. The van der Waals surface area contributed by atoms with Crippen LogP contribution >= 0.6 is 0 Å². The van der Waals surface area contributed by atoms with Crippen LogP contribution in [0, 0.1) is 19.7 Å². The fourth-order valence-corrected chi connectivity index (χ4v) is 2.47. The SMILES string of the molecule is Cc1ccc(C)c(-c2cc(C(=O)O)nn2-c2ccc(F)cc2)c1. The molecule has 3 aromatic rings. The molecule has 1 N–H and O–H groups in total. The van der Waals surface area contributed by atoms with Crippen molar-refractivity contribution in [3.8, 4) is 16.9 Å². The molecule has 23 heavy (non-hydrogen) atoms. The minimum absolute atomic E-state index is 0.0507. The van der Waals surface area contributed by atoms with Gasteiger partial charge in [-0.25, -0.2) is 13.9 Å². The van der Waals surface area contributed by atoms with E-state index in [9.17, 15) is 14.3 Å². The Morgan fingerprint density at radius 3 is 2.43 bits per heavy atom. The second-order valence-electron chi connectivity index (χ2n) is 5.43. The third-order valence-electron chi connectivity index (χ3n) is 3.67. The molecule has 0 aliphatic carbocycles. The summed E-state index contributed by atoms with van der Waals surface area (Å²) in [7, 11) is 0. The van der Waals surface area contributed by atoms with Crippen LogP contribution in [0.3, 0.4) is 0 Å². The Hall–Kier alpha value is -2.95. The van der Waals surface area contributed by atoms with E-state index >= 15 is 0 Å². The molecule has 1 heterocycles. The topological polar surface area (TPSA) is 55.1 Å². The molecule has 116 valence electrons. The zero-order valence-corrected chi connectivity index (χ0v) is 12.7. The van der Waals surface area contributed by atoms with Crippen molar-refractivity contribution in [3.63, 3.8) is 0 Å². The van der Waals surface area contributed by atoms with Crippen LogP contribution < -0.4 is 0 Å². The second-order valence-corrected chi connectivity index (χ2v) is 5.43. The number of rotatable bonds is 3. The summed E-state index contributed by atoms with van der Waals surface area (Å²) in [4.78, 5) is 11.3. The van der Waals surface area contributed by atoms with Crippen molar-refractivity contribution in [2.24, 2.45) is 0 Å². The summed E-state index contributed by atoms with van der Waals surface area (Å²) in [6.07, 6.45) is 0. The predicted molar refractivity (Wildman–Crippen MR) is 85.4 cm³/mol. The molecule has 0 fully saturated rings. The Morgan fingerprint density at radius 2 is 1.78 bits per heavy atom. The van der Waals surface area contributed by atoms with Gasteiger partial charge in [0.05, 0.1) is 11.4 Å². The Bertz CT molecular complexity index is 883. The quantitative estimate of drug-likeness (QED) is 0.795. The van der Waals surface area contributed by atoms with Gasteiger partial charge in [-0.1, -0.05) is 17.7 Å². The highest BCUT2D eigenvalue weighted by Crippen LogP contribution is 2.28. The largest absolute Gasteiger partial charge is 0.476 e. The number of aromatic carboxylic acids is 1. The average molecular weight is 310 g/mol. The number of aryl methyl sites for hydroxylation is 2. The lowest BCUT2D eigenvalue weighted by molar-refractivity contribution is 0.0690. The average Bonchev–Trinajstić information content (AvgIpc) is 2.96.